The van der Waals surface area contributed by atoms with Crippen molar-refractivity contribution in [2.45, 2.75) is 176 Å². The zero-order chi connectivity index (χ0) is 49.3. The fraction of sp³-hybridized carbons (Fsp3) is 0.660. The van der Waals surface area contributed by atoms with Gasteiger partial charge in [-0.2, -0.15) is 0 Å². The number of cyclic esters (lactones) is 1. The molecule has 3 aliphatic heterocycles. The van der Waals surface area contributed by atoms with Gasteiger partial charge in [0.2, 0.25) is 0 Å². The van der Waals surface area contributed by atoms with Gasteiger partial charge < -0.3 is 86.0 Å². The van der Waals surface area contributed by atoms with Crippen molar-refractivity contribution >= 4 is 11.9 Å². The minimum atomic E-state index is -2.40. The molecular weight excluding hydrogens is 867 g/mol. The van der Waals surface area contributed by atoms with Crippen LogP contribution in [0.5, 0.6) is 0 Å². The standard InChI is InChI=1S/C47H73NO18/c1-26-17-15-13-11-9-7-5-6-8-10-12-14-16-18-33(65-46-44(59)40(48)42(57)29(4)64-46)23-37-39(45(60)61)36(54)25-47(62,66-37)24-32(51)21-35(53)43(58)34(52)20-30(49)19-31(50)22-38(55)63-28(3)27(2)41(26)56/h5-18,26-37,39-44,46,49-54,56-59,62H,19-25,48H2,1-4H3,(H,60,61)/b6-5+,9-7+,10-8+,13-11+,14-12+,17-15+,18-16+/t26-,27-,28-,29+,30-,31+,32-,33-,34+,35+,36-,37-,39+,40-,41+,42+,43+,44-,46-,47+/m0/s1. The summed E-state index contributed by atoms with van der Waals surface area (Å²) >= 11 is 0. The van der Waals surface area contributed by atoms with Crippen LogP contribution in [0.2, 0.25) is 0 Å². The molecule has 0 aromatic heterocycles. The molecule has 0 aliphatic carbocycles. The zero-order valence-corrected chi connectivity index (χ0v) is 37.9. The number of fused-ring (bicyclic) bond motifs is 2. The van der Waals surface area contributed by atoms with Gasteiger partial charge in [0.1, 0.15) is 24.2 Å². The molecule has 19 nitrogen and oxygen atoms in total. The minimum Gasteiger partial charge on any atom is -0.481 e. The van der Waals surface area contributed by atoms with Crippen LogP contribution in [0.4, 0.5) is 0 Å². The number of aliphatic hydroxyl groups is 11. The largest absolute Gasteiger partial charge is 0.481 e. The van der Waals surface area contributed by atoms with E-state index in [1.807, 2.05) is 6.92 Å². The minimum absolute atomic E-state index is 0.308. The fourth-order valence-electron chi connectivity index (χ4n) is 8.05. The van der Waals surface area contributed by atoms with Gasteiger partial charge in [-0.1, -0.05) is 98.9 Å². The molecule has 0 saturated carbocycles. The van der Waals surface area contributed by atoms with Crippen LogP contribution in [0.3, 0.4) is 0 Å². The quantitative estimate of drug-likeness (QED) is 0.161. The Labute approximate surface area is 385 Å². The second kappa shape index (κ2) is 27.5. The maximum absolute atomic E-state index is 12.6. The Bertz CT molecular complexity index is 1700. The number of carbonyl (C=O) groups excluding carboxylic acids is 1. The van der Waals surface area contributed by atoms with Crippen LogP contribution in [0, 0.1) is 17.8 Å². The van der Waals surface area contributed by atoms with Gasteiger partial charge in [-0.25, -0.2) is 0 Å². The molecule has 3 heterocycles. The molecule has 0 aromatic rings. The second-order valence-electron chi connectivity index (χ2n) is 17.7. The first-order valence-corrected chi connectivity index (χ1v) is 22.4. The predicted molar refractivity (Wildman–Crippen MR) is 238 cm³/mol. The van der Waals surface area contributed by atoms with Crippen LogP contribution < -0.4 is 5.73 Å². The summed E-state index contributed by atoms with van der Waals surface area (Å²) in [6.45, 7) is 6.65. The van der Waals surface area contributed by atoms with Crippen LogP contribution in [0.15, 0.2) is 85.1 Å². The van der Waals surface area contributed by atoms with E-state index in [1.54, 1.807) is 92.8 Å². The lowest BCUT2D eigenvalue weighted by Gasteiger charge is -2.45. The lowest BCUT2D eigenvalue weighted by molar-refractivity contribution is -0.308. The van der Waals surface area contributed by atoms with Crippen LogP contribution in [0.1, 0.15) is 72.6 Å². The Morgan fingerprint density at radius 1 is 0.636 bits per heavy atom. The number of ether oxygens (including phenoxy) is 4. The summed E-state index contributed by atoms with van der Waals surface area (Å²) in [5.74, 6) is -7.09. The first-order chi connectivity index (χ1) is 31.0. The van der Waals surface area contributed by atoms with E-state index in [9.17, 15) is 70.9 Å². The highest BCUT2D eigenvalue weighted by atomic mass is 16.7. The summed E-state index contributed by atoms with van der Waals surface area (Å²) in [4.78, 5) is 25.1. The number of carboxylic acids is 1. The molecule has 0 spiro atoms. The molecule has 0 amide bonds. The molecule has 14 N–H and O–H groups in total. The number of rotatable bonds is 3. The summed E-state index contributed by atoms with van der Waals surface area (Å²) in [6.07, 6.45) is -0.958. The molecule has 2 saturated heterocycles. The Morgan fingerprint density at radius 3 is 1.73 bits per heavy atom. The van der Waals surface area contributed by atoms with Crippen molar-refractivity contribution in [2.75, 3.05) is 0 Å². The van der Waals surface area contributed by atoms with Crippen LogP contribution in [-0.2, 0) is 28.5 Å². The van der Waals surface area contributed by atoms with Crippen LogP contribution >= 0.6 is 0 Å². The van der Waals surface area contributed by atoms with E-state index in [0.717, 1.165) is 0 Å². The monoisotopic (exact) mass is 939 g/mol. The highest BCUT2D eigenvalue weighted by Crippen LogP contribution is 2.38. The van der Waals surface area contributed by atoms with E-state index in [2.05, 4.69) is 0 Å². The molecule has 0 aromatic carbocycles. The molecule has 0 radical (unpaired) electrons. The number of hydrogen-bond donors (Lipinski definition) is 13. The Kier molecular flexibility index (Phi) is 23.7. The van der Waals surface area contributed by atoms with E-state index in [-0.39, 0.29) is 12.3 Å². The summed E-state index contributed by atoms with van der Waals surface area (Å²) < 4.78 is 23.1. The molecule has 19 heteroatoms. The molecule has 374 valence electrons. The van der Waals surface area contributed by atoms with Crippen molar-refractivity contribution < 1.29 is 89.8 Å². The number of nitrogens with two attached hydrogens (primary N) is 1. The van der Waals surface area contributed by atoms with Gasteiger partial charge in [-0.05, 0) is 20.3 Å². The third-order valence-corrected chi connectivity index (χ3v) is 12.1. The van der Waals surface area contributed by atoms with Gasteiger partial charge >= 0.3 is 11.9 Å². The van der Waals surface area contributed by atoms with Crippen molar-refractivity contribution in [3.8, 4) is 0 Å². The lowest BCUT2D eigenvalue weighted by Crippen LogP contribution is -2.61. The van der Waals surface area contributed by atoms with Gasteiger partial charge in [0.05, 0.1) is 79.6 Å². The molecule has 3 rings (SSSR count). The third kappa shape index (κ3) is 18.2. The SMILES string of the molecule is C[C@@H]1[C@H](O)[C@@H](C)/C=C/C=C/C=C/C=C/C=C/C=C/C=C/[C@H](O[C@@H]2O[C@H](C)[C@@H](O)[C@H](N)[C@@H]2O)C[C@@H]2O[C@](O)(C[C@@H](O)C[C@@H](O)[C@H](O)[C@H](O)C[C@@H](O)C[C@@H](O)CC(=O)O[C@H]1C)C[C@H](O)[C@H]2C(=O)O. The highest BCUT2D eigenvalue weighted by molar-refractivity contribution is 5.71. The Morgan fingerprint density at radius 2 is 1.17 bits per heavy atom. The number of allylic oxidation sites excluding steroid dienone is 12. The number of carbonyl (C=O) groups is 2. The smallest absolute Gasteiger partial charge is 0.311 e. The summed E-state index contributed by atoms with van der Waals surface area (Å²) in [5.41, 5.74) is 6.01. The Hall–Kier alpha value is -3.48. The van der Waals surface area contributed by atoms with Crippen molar-refractivity contribution in [2.24, 2.45) is 23.5 Å². The fourth-order valence-corrected chi connectivity index (χ4v) is 8.05. The van der Waals surface area contributed by atoms with Gasteiger partial charge in [0.15, 0.2) is 12.1 Å². The molecule has 20 atom stereocenters. The van der Waals surface area contributed by atoms with E-state index in [0.29, 0.717) is 0 Å². The first kappa shape index (κ1) is 56.8. The summed E-state index contributed by atoms with van der Waals surface area (Å²) in [6, 6.07) is -1.17. The molecule has 2 bridgehead atoms. The first-order valence-electron chi connectivity index (χ1n) is 22.4. The molecule has 0 unspecified atom stereocenters. The summed E-state index contributed by atoms with van der Waals surface area (Å²) in [5, 5.41) is 129. The maximum atomic E-state index is 12.6. The molecule has 66 heavy (non-hydrogen) atoms. The van der Waals surface area contributed by atoms with Gasteiger partial charge in [0, 0.05) is 43.9 Å². The van der Waals surface area contributed by atoms with E-state index < -0.39 is 166 Å². The number of aliphatic carboxylic acids is 1. The van der Waals surface area contributed by atoms with E-state index in [4.69, 9.17) is 24.7 Å². The number of esters is 1. The molecular formula is C47H73NO18. The molecule has 3 aliphatic rings. The Balaban J connectivity index is 1.88. The van der Waals surface area contributed by atoms with E-state index in [1.165, 1.54) is 13.0 Å². The van der Waals surface area contributed by atoms with Crippen molar-refractivity contribution in [3.05, 3.63) is 85.1 Å². The van der Waals surface area contributed by atoms with Crippen LogP contribution in [-0.4, -0.2) is 177 Å². The average Bonchev–Trinajstić information content (AvgIpc) is 3.22. The van der Waals surface area contributed by atoms with Gasteiger partial charge in [-0.15, -0.1) is 0 Å². The van der Waals surface area contributed by atoms with Gasteiger partial charge in [0.25, 0.3) is 0 Å². The maximum Gasteiger partial charge on any atom is 0.311 e. The number of aliphatic hydroxyl groups excluding tert-OH is 10. The number of carboxylic acid groups (broad SMARTS) is 1. The van der Waals surface area contributed by atoms with Gasteiger partial charge in [-0.3, -0.25) is 9.59 Å². The molecule has 2 fully saturated rings. The van der Waals surface area contributed by atoms with Crippen molar-refractivity contribution in [1.29, 1.82) is 0 Å². The predicted octanol–water partition coefficient (Wildman–Crippen LogP) is -0.317. The normalized spacial score (nSPS) is 46.1. The highest BCUT2D eigenvalue weighted by Gasteiger charge is 2.51. The summed E-state index contributed by atoms with van der Waals surface area (Å²) in [7, 11) is 0. The van der Waals surface area contributed by atoms with Crippen molar-refractivity contribution in [1.82, 2.24) is 0 Å². The van der Waals surface area contributed by atoms with E-state index >= 15 is 0 Å². The lowest BCUT2D eigenvalue weighted by atomic mass is 9.82. The second-order valence-corrected chi connectivity index (χ2v) is 17.7. The van der Waals surface area contributed by atoms with Crippen molar-refractivity contribution in [3.63, 3.8) is 0 Å². The zero-order valence-electron chi connectivity index (χ0n) is 37.9. The third-order valence-electron chi connectivity index (χ3n) is 12.1. The van der Waals surface area contributed by atoms with Crippen LogP contribution in [0.25, 0.3) is 0 Å². The number of hydrogen-bond acceptors (Lipinski definition) is 18. The average molecular weight is 940 g/mol. The topological polar surface area (TPSA) is 340 Å².